The van der Waals surface area contributed by atoms with E-state index in [9.17, 15) is 8.42 Å². The van der Waals surface area contributed by atoms with Gasteiger partial charge in [-0.1, -0.05) is 0 Å². The predicted molar refractivity (Wildman–Crippen MR) is 69.7 cm³/mol. The first-order chi connectivity index (χ1) is 8.85. The lowest BCUT2D eigenvalue weighted by Crippen LogP contribution is -2.31. The number of rotatable bonds is 5. The summed E-state index contributed by atoms with van der Waals surface area (Å²) in [5.41, 5.74) is 0.510. The van der Waals surface area contributed by atoms with Crippen molar-refractivity contribution in [2.24, 2.45) is 0 Å². The molecule has 0 bridgehead atoms. The van der Waals surface area contributed by atoms with E-state index in [-0.39, 0.29) is 4.90 Å². The van der Waals surface area contributed by atoms with Crippen LogP contribution in [0.15, 0.2) is 17.0 Å². The molecule has 1 atom stereocenters. The molecule has 0 aliphatic heterocycles. The van der Waals surface area contributed by atoms with Crippen LogP contribution >= 0.6 is 0 Å². The second-order valence-electron chi connectivity index (χ2n) is 3.94. The molecule has 19 heavy (non-hydrogen) atoms. The summed E-state index contributed by atoms with van der Waals surface area (Å²) in [4.78, 5) is 0.0623. The van der Waals surface area contributed by atoms with Gasteiger partial charge in [0.2, 0.25) is 10.0 Å². The van der Waals surface area contributed by atoms with Crippen molar-refractivity contribution in [1.29, 1.82) is 5.26 Å². The summed E-state index contributed by atoms with van der Waals surface area (Å²) < 4.78 is 36.7. The standard InChI is InChI=1S/C12H16N2O4S/c1-8-5-10(17-3)11(18-4)6-12(8)19(15,16)14-9(2)7-13/h5-6,9,14H,1-4H3. The lowest BCUT2D eigenvalue weighted by molar-refractivity contribution is 0.353. The first-order valence-corrected chi connectivity index (χ1v) is 6.98. The minimum atomic E-state index is -3.77. The van der Waals surface area contributed by atoms with Crippen molar-refractivity contribution < 1.29 is 17.9 Å². The van der Waals surface area contributed by atoms with Crippen LogP contribution in [0.5, 0.6) is 11.5 Å². The summed E-state index contributed by atoms with van der Waals surface area (Å²) >= 11 is 0. The van der Waals surface area contributed by atoms with Crippen molar-refractivity contribution in [1.82, 2.24) is 4.72 Å². The molecule has 0 saturated heterocycles. The zero-order valence-corrected chi connectivity index (χ0v) is 12.0. The fraction of sp³-hybridized carbons (Fsp3) is 0.417. The molecule has 0 radical (unpaired) electrons. The molecule has 0 spiro atoms. The molecule has 0 aromatic heterocycles. The molecule has 1 aromatic rings. The van der Waals surface area contributed by atoms with E-state index in [2.05, 4.69) is 4.72 Å². The quantitative estimate of drug-likeness (QED) is 0.877. The van der Waals surface area contributed by atoms with E-state index in [0.717, 1.165) is 0 Å². The molecule has 0 heterocycles. The summed E-state index contributed by atoms with van der Waals surface area (Å²) in [6.45, 7) is 3.11. The highest BCUT2D eigenvalue weighted by molar-refractivity contribution is 7.89. The number of hydrogen-bond acceptors (Lipinski definition) is 5. The largest absolute Gasteiger partial charge is 0.493 e. The van der Waals surface area contributed by atoms with Crippen LogP contribution in [0.2, 0.25) is 0 Å². The average molecular weight is 284 g/mol. The Morgan fingerprint density at radius 3 is 2.26 bits per heavy atom. The zero-order valence-electron chi connectivity index (χ0n) is 11.2. The molecule has 7 heteroatoms. The van der Waals surface area contributed by atoms with Crippen LogP contribution in [0.3, 0.4) is 0 Å². The molecule has 1 rings (SSSR count). The van der Waals surface area contributed by atoms with Crippen molar-refractivity contribution in [2.45, 2.75) is 24.8 Å². The maximum atomic E-state index is 12.1. The van der Waals surface area contributed by atoms with Crippen molar-refractivity contribution in [3.05, 3.63) is 17.7 Å². The van der Waals surface area contributed by atoms with Gasteiger partial charge in [-0.3, -0.25) is 0 Å². The van der Waals surface area contributed by atoms with Crippen LogP contribution in [-0.4, -0.2) is 28.7 Å². The Balaban J connectivity index is 3.32. The molecular formula is C12H16N2O4S. The average Bonchev–Trinajstić information content (AvgIpc) is 2.37. The Morgan fingerprint density at radius 1 is 1.26 bits per heavy atom. The maximum Gasteiger partial charge on any atom is 0.242 e. The Bertz CT molecular complexity index is 605. The Morgan fingerprint density at radius 2 is 1.79 bits per heavy atom. The maximum absolute atomic E-state index is 12.1. The lowest BCUT2D eigenvalue weighted by atomic mass is 10.2. The van der Waals surface area contributed by atoms with Gasteiger partial charge in [-0.15, -0.1) is 0 Å². The van der Waals surface area contributed by atoms with E-state index in [1.165, 1.54) is 27.2 Å². The van der Waals surface area contributed by atoms with Gasteiger partial charge in [-0.05, 0) is 25.5 Å². The molecule has 0 aliphatic carbocycles. The van der Waals surface area contributed by atoms with E-state index in [1.54, 1.807) is 13.0 Å². The highest BCUT2D eigenvalue weighted by atomic mass is 32.2. The second kappa shape index (κ2) is 5.91. The Labute approximate surface area is 113 Å². The van der Waals surface area contributed by atoms with Gasteiger partial charge in [-0.2, -0.15) is 9.98 Å². The predicted octanol–water partition coefficient (Wildman–Crippen LogP) is 1.20. The molecule has 0 fully saturated rings. The summed E-state index contributed by atoms with van der Waals surface area (Å²) in [5, 5.41) is 8.68. The highest BCUT2D eigenvalue weighted by Gasteiger charge is 2.22. The smallest absolute Gasteiger partial charge is 0.242 e. The van der Waals surface area contributed by atoms with Crippen molar-refractivity contribution in [3.63, 3.8) is 0 Å². The number of ether oxygens (including phenoxy) is 2. The van der Waals surface area contributed by atoms with Crippen LogP contribution in [0.4, 0.5) is 0 Å². The first kappa shape index (κ1) is 15.3. The number of benzene rings is 1. The van der Waals surface area contributed by atoms with Gasteiger partial charge in [0.05, 0.1) is 25.2 Å². The summed E-state index contributed by atoms with van der Waals surface area (Å²) in [6.07, 6.45) is 0. The fourth-order valence-electron chi connectivity index (χ4n) is 1.57. The third-order valence-corrected chi connectivity index (χ3v) is 4.18. The van der Waals surface area contributed by atoms with E-state index in [1.807, 2.05) is 6.07 Å². The second-order valence-corrected chi connectivity index (χ2v) is 5.63. The van der Waals surface area contributed by atoms with Crippen molar-refractivity contribution in [2.75, 3.05) is 14.2 Å². The zero-order chi connectivity index (χ0) is 14.6. The fourth-order valence-corrected chi connectivity index (χ4v) is 2.96. The number of nitrogens with one attached hydrogen (secondary N) is 1. The van der Waals surface area contributed by atoms with E-state index in [0.29, 0.717) is 17.1 Å². The third-order valence-electron chi connectivity index (χ3n) is 2.50. The Hall–Kier alpha value is -1.78. The van der Waals surface area contributed by atoms with Gasteiger partial charge in [0.15, 0.2) is 11.5 Å². The van der Waals surface area contributed by atoms with Crippen molar-refractivity contribution >= 4 is 10.0 Å². The van der Waals surface area contributed by atoms with Crippen molar-refractivity contribution in [3.8, 4) is 17.6 Å². The van der Waals surface area contributed by atoms with Crippen LogP contribution in [-0.2, 0) is 10.0 Å². The summed E-state index contributed by atoms with van der Waals surface area (Å²) in [6, 6.07) is 3.96. The van der Waals surface area contributed by atoms with Gasteiger partial charge < -0.3 is 9.47 Å². The number of hydrogen-bond donors (Lipinski definition) is 1. The highest BCUT2D eigenvalue weighted by Crippen LogP contribution is 2.32. The van der Waals surface area contributed by atoms with Crippen LogP contribution in [0.25, 0.3) is 0 Å². The van der Waals surface area contributed by atoms with Gasteiger partial charge in [0.25, 0.3) is 0 Å². The van der Waals surface area contributed by atoms with E-state index < -0.39 is 16.1 Å². The molecule has 0 aliphatic rings. The monoisotopic (exact) mass is 284 g/mol. The minimum Gasteiger partial charge on any atom is -0.493 e. The molecule has 1 aromatic carbocycles. The van der Waals surface area contributed by atoms with Gasteiger partial charge in [-0.25, -0.2) is 8.42 Å². The lowest BCUT2D eigenvalue weighted by Gasteiger charge is -2.14. The number of aryl methyl sites for hydroxylation is 1. The number of nitriles is 1. The molecular weight excluding hydrogens is 268 g/mol. The SMILES string of the molecule is COc1cc(C)c(S(=O)(=O)NC(C)C#N)cc1OC. The van der Waals surface area contributed by atoms with Gasteiger partial charge in [0, 0.05) is 6.07 Å². The van der Waals surface area contributed by atoms with Gasteiger partial charge >= 0.3 is 0 Å². The number of sulfonamides is 1. The summed E-state index contributed by atoms with van der Waals surface area (Å²) in [5.74, 6) is 0.769. The number of nitrogens with zero attached hydrogens (tertiary/aromatic N) is 1. The third kappa shape index (κ3) is 3.36. The van der Waals surface area contributed by atoms with Crippen LogP contribution in [0, 0.1) is 18.3 Å². The van der Waals surface area contributed by atoms with Crippen LogP contribution < -0.4 is 14.2 Å². The first-order valence-electron chi connectivity index (χ1n) is 5.50. The minimum absolute atomic E-state index is 0.0623. The molecule has 6 nitrogen and oxygen atoms in total. The molecule has 0 saturated carbocycles. The summed E-state index contributed by atoms with van der Waals surface area (Å²) in [7, 11) is -0.869. The van der Waals surface area contributed by atoms with E-state index >= 15 is 0 Å². The molecule has 104 valence electrons. The molecule has 0 amide bonds. The van der Waals surface area contributed by atoms with Gasteiger partial charge in [0.1, 0.15) is 6.04 Å². The number of methoxy groups -OCH3 is 2. The van der Waals surface area contributed by atoms with Crippen LogP contribution in [0.1, 0.15) is 12.5 Å². The Kier molecular flexibility index (Phi) is 4.75. The van der Waals surface area contributed by atoms with E-state index in [4.69, 9.17) is 14.7 Å². The normalized spacial score (nSPS) is 12.6. The molecule has 1 N–H and O–H groups in total. The molecule has 1 unspecified atom stereocenters. The topological polar surface area (TPSA) is 88.4 Å².